The average molecular weight is 346 g/mol. The van der Waals surface area contributed by atoms with Crippen LogP contribution in [0.2, 0.25) is 0 Å². The summed E-state index contributed by atoms with van der Waals surface area (Å²) in [4.78, 5) is 1.04. The number of aliphatic hydroxyl groups excluding tert-OH is 1. The van der Waals surface area contributed by atoms with Crippen LogP contribution < -0.4 is 5.32 Å². The Kier molecular flexibility index (Phi) is 5.38. The molecule has 2 atom stereocenters. The van der Waals surface area contributed by atoms with E-state index in [9.17, 15) is 5.11 Å². The Morgan fingerprint density at radius 1 is 1.44 bits per heavy atom. The molecule has 0 amide bonds. The van der Waals surface area contributed by atoms with Crippen LogP contribution >= 0.6 is 38.6 Å². The predicted octanol–water partition coefficient (Wildman–Crippen LogP) is 4.17. The molecule has 0 aliphatic rings. The van der Waals surface area contributed by atoms with Gasteiger partial charge in [-0.05, 0) is 57.7 Å². The Morgan fingerprint density at radius 3 is 2.89 bits per heavy atom. The van der Waals surface area contributed by atoms with Gasteiger partial charge in [0.2, 0.25) is 0 Å². The van der Waals surface area contributed by atoms with Gasteiger partial charge in [-0.2, -0.15) is 0 Å². The van der Waals surface area contributed by atoms with Crippen molar-refractivity contribution in [3.05, 3.63) is 43.2 Å². The van der Waals surface area contributed by atoms with Gasteiger partial charge in [-0.25, -0.2) is 0 Å². The standard InChI is InChI=1S/C13H16BrNOS2/c1-9(5-11(16)12-3-2-4-17-12)15-7-10-6-13(14)18-8-10/h2-4,6,8-9,11,15-16H,5,7H2,1H3. The van der Waals surface area contributed by atoms with Gasteiger partial charge in [-0.1, -0.05) is 6.07 Å². The first-order chi connectivity index (χ1) is 8.65. The molecule has 0 aliphatic heterocycles. The van der Waals surface area contributed by atoms with E-state index in [1.165, 1.54) is 5.56 Å². The number of thiophene rings is 2. The summed E-state index contributed by atoms with van der Waals surface area (Å²) in [6.45, 7) is 2.96. The second kappa shape index (κ2) is 6.82. The van der Waals surface area contributed by atoms with E-state index < -0.39 is 0 Å². The van der Waals surface area contributed by atoms with Crippen molar-refractivity contribution in [2.24, 2.45) is 0 Å². The van der Waals surface area contributed by atoms with Crippen molar-refractivity contribution in [2.45, 2.75) is 32.0 Å². The molecule has 2 aromatic heterocycles. The van der Waals surface area contributed by atoms with Crippen LogP contribution in [0.3, 0.4) is 0 Å². The normalized spacial score (nSPS) is 14.6. The summed E-state index contributed by atoms with van der Waals surface area (Å²) < 4.78 is 1.16. The second-order valence-electron chi connectivity index (χ2n) is 4.31. The van der Waals surface area contributed by atoms with E-state index in [-0.39, 0.29) is 6.10 Å². The molecule has 2 rings (SSSR count). The number of halogens is 1. The fraction of sp³-hybridized carbons (Fsp3) is 0.385. The van der Waals surface area contributed by atoms with Crippen LogP contribution in [0.25, 0.3) is 0 Å². The van der Waals surface area contributed by atoms with Crippen LogP contribution in [0.1, 0.15) is 29.9 Å². The lowest BCUT2D eigenvalue weighted by Gasteiger charge is -2.16. The number of nitrogens with one attached hydrogen (secondary N) is 1. The maximum absolute atomic E-state index is 10.0. The Labute approximate surface area is 124 Å². The van der Waals surface area contributed by atoms with Gasteiger partial charge < -0.3 is 10.4 Å². The van der Waals surface area contributed by atoms with Crippen LogP contribution in [-0.2, 0) is 6.54 Å². The molecule has 2 N–H and O–H groups in total. The van der Waals surface area contributed by atoms with Gasteiger partial charge in [0.15, 0.2) is 0 Å². The summed E-state index contributed by atoms with van der Waals surface area (Å²) in [6, 6.07) is 6.38. The molecule has 0 fully saturated rings. The Morgan fingerprint density at radius 2 is 2.28 bits per heavy atom. The first-order valence-corrected chi connectivity index (χ1v) is 8.38. The number of rotatable bonds is 6. The maximum atomic E-state index is 10.0. The Hall–Kier alpha value is -0.200. The monoisotopic (exact) mass is 345 g/mol. The van der Waals surface area contributed by atoms with Crippen molar-refractivity contribution in [2.75, 3.05) is 0 Å². The molecule has 0 aromatic carbocycles. The van der Waals surface area contributed by atoms with E-state index in [0.29, 0.717) is 6.04 Å². The molecular weight excluding hydrogens is 330 g/mol. The van der Waals surface area contributed by atoms with E-state index in [1.807, 2.05) is 17.5 Å². The van der Waals surface area contributed by atoms with Crippen LogP contribution in [-0.4, -0.2) is 11.1 Å². The van der Waals surface area contributed by atoms with Gasteiger partial charge in [-0.3, -0.25) is 0 Å². The van der Waals surface area contributed by atoms with Crippen LogP contribution in [0.15, 0.2) is 32.7 Å². The predicted molar refractivity (Wildman–Crippen MR) is 82.2 cm³/mol. The molecule has 2 heterocycles. The van der Waals surface area contributed by atoms with Crippen LogP contribution in [0, 0.1) is 0 Å². The van der Waals surface area contributed by atoms with Crippen LogP contribution in [0.5, 0.6) is 0 Å². The highest BCUT2D eigenvalue weighted by Gasteiger charge is 2.13. The van der Waals surface area contributed by atoms with E-state index in [4.69, 9.17) is 0 Å². The molecule has 0 bridgehead atoms. The quantitative estimate of drug-likeness (QED) is 0.823. The van der Waals surface area contributed by atoms with E-state index in [2.05, 4.69) is 39.6 Å². The van der Waals surface area contributed by atoms with Gasteiger partial charge >= 0.3 is 0 Å². The molecule has 2 aromatic rings. The zero-order chi connectivity index (χ0) is 13.0. The largest absolute Gasteiger partial charge is 0.388 e. The minimum Gasteiger partial charge on any atom is -0.388 e. The molecule has 18 heavy (non-hydrogen) atoms. The summed E-state index contributed by atoms with van der Waals surface area (Å²) in [5, 5.41) is 17.6. The highest BCUT2D eigenvalue weighted by Crippen LogP contribution is 2.23. The third kappa shape index (κ3) is 4.17. The first kappa shape index (κ1) is 14.2. The zero-order valence-corrected chi connectivity index (χ0v) is 13.3. The minimum absolute atomic E-state index is 0.292. The lowest BCUT2D eigenvalue weighted by atomic mass is 10.1. The summed E-state index contributed by atoms with van der Waals surface area (Å²) in [6.07, 6.45) is 0.382. The summed E-state index contributed by atoms with van der Waals surface area (Å²) in [7, 11) is 0. The average Bonchev–Trinajstić information content (AvgIpc) is 2.97. The highest BCUT2D eigenvalue weighted by atomic mass is 79.9. The molecule has 2 nitrogen and oxygen atoms in total. The summed E-state index contributed by atoms with van der Waals surface area (Å²) in [5.41, 5.74) is 1.28. The molecule has 0 saturated carbocycles. The van der Waals surface area contributed by atoms with Gasteiger partial charge in [-0.15, -0.1) is 22.7 Å². The molecule has 0 radical (unpaired) electrons. The third-order valence-corrected chi connectivity index (χ3v) is 5.25. The molecule has 98 valence electrons. The molecular formula is C13H16BrNOS2. The zero-order valence-electron chi connectivity index (χ0n) is 10.1. The van der Waals surface area contributed by atoms with Gasteiger partial charge in [0.1, 0.15) is 0 Å². The van der Waals surface area contributed by atoms with E-state index in [1.54, 1.807) is 22.7 Å². The van der Waals surface area contributed by atoms with Crippen molar-refractivity contribution in [3.63, 3.8) is 0 Å². The lowest BCUT2D eigenvalue weighted by molar-refractivity contribution is 0.157. The Balaban J connectivity index is 1.76. The number of aliphatic hydroxyl groups is 1. The summed E-state index contributed by atoms with van der Waals surface area (Å²) in [5.74, 6) is 0. The van der Waals surface area contributed by atoms with Crippen molar-refractivity contribution >= 4 is 38.6 Å². The van der Waals surface area contributed by atoms with E-state index in [0.717, 1.165) is 21.6 Å². The number of hydrogen-bond donors (Lipinski definition) is 2. The van der Waals surface area contributed by atoms with Crippen molar-refractivity contribution in [1.29, 1.82) is 0 Å². The fourth-order valence-corrected chi connectivity index (χ4v) is 3.68. The van der Waals surface area contributed by atoms with Crippen LogP contribution in [0.4, 0.5) is 0 Å². The van der Waals surface area contributed by atoms with Crippen molar-refractivity contribution < 1.29 is 5.11 Å². The third-order valence-electron chi connectivity index (χ3n) is 2.72. The van der Waals surface area contributed by atoms with Crippen molar-refractivity contribution in [1.82, 2.24) is 5.32 Å². The first-order valence-electron chi connectivity index (χ1n) is 5.83. The minimum atomic E-state index is -0.360. The molecule has 0 aliphatic carbocycles. The lowest BCUT2D eigenvalue weighted by Crippen LogP contribution is -2.27. The second-order valence-corrected chi connectivity index (χ2v) is 7.58. The topological polar surface area (TPSA) is 32.3 Å². The summed E-state index contributed by atoms with van der Waals surface area (Å²) >= 11 is 6.76. The molecule has 2 unspecified atom stereocenters. The van der Waals surface area contributed by atoms with Gasteiger partial charge in [0, 0.05) is 17.5 Å². The smallest absolute Gasteiger partial charge is 0.0896 e. The SMILES string of the molecule is CC(CC(O)c1cccs1)NCc1csc(Br)c1. The fourth-order valence-electron chi connectivity index (χ4n) is 1.75. The van der Waals surface area contributed by atoms with Crippen molar-refractivity contribution in [3.8, 4) is 0 Å². The number of hydrogen-bond acceptors (Lipinski definition) is 4. The molecule has 0 saturated heterocycles. The molecule has 0 spiro atoms. The molecule has 5 heteroatoms. The highest BCUT2D eigenvalue weighted by molar-refractivity contribution is 9.11. The van der Waals surface area contributed by atoms with Gasteiger partial charge in [0.05, 0.1) is 9.89 Å². The van der Waals surface area contributed by atoms with E-state index >= 15 is 0 Å². The maximum Gasteiger partial charge on any atom is 0.0896 e. The Bertz CT molecular complexity index is 469. The van der Waals surface area contributed by atoms with Gasteiger partial charge in [0.25, 0.3) is 0 Å².